The zero-order chi connectivity index (χ0) is 11.5. The van der Waals surface area contributed by atoms with Crippen LogP contribution < -0.4 is 0 Å². The van der Waals surface area contributed by atoms with E-state index in [-0.39, 0.29) is 5.91 Å². The third kappa shape index (κ3) is 2.24. The van der Waals surface area contributed by atoms with E-state index >= 15 is 0 Å². The predicted molar refractivity (Wildman–Crippen MR) is 61.2 cm³/mol. The average Bonchev–Trinajstić information content (AvgIpc) is 2.80. The maximum absolute atomic E-state index is 12.1. The highest BCUT2D eigenvalue weighted by molar-refractivity contribution is 5.93. The van der Waals surface area contributed by atoms with Crippen LogP contribution in [-0.2, 0) is 0 Å². The van der Waals surface area contributed by atoms with Crippen molar-refractivity contribution in [3.8, 4) is 0 Å². The number of likely N-dealkylation sites (tertiary alicyclic amines) is 1. The van der Waals surface area contributed by atoms with Gasteiger partial charge in [0.2, 0.25) is 0 Å². The second-order valence-corrected chi connectivity index (χ2v) is 4.46. The molecule has 1 unspecified atom stereocenters. The molecule has 16 heavy (non-hydrogen) atoms. The minimum atomic E-state index is 0.0500. The van der Waals surface area contributed by atoms with Crippen LogP contribution in [0, 0.1) is 0 Å². The first-order valence-corrected chi connectivity index (χ1v) is 5.63. The summed E-state index contributed by atoms with van der Waals surface area (Å²) in [4.78, 5) is 16.2. The lowest BCUT2D eigenvalue weighted by Gasteiger charge is -2.35. The van der Waals surface area contributed by atoms with Gasteiger partial charge in [0.05, 0.1) is 11.8 Å². The van der Waals surface area contributed by atoms with Crippen LogP contribution >= 0.6 is 0 Å². The van der Waals surface area contributed by atoms with Gasteiger partial charge in [-0.1, -0.05) is 0 Å². The molecule has 1 saturated heterocycles. The number of H-pyrrole nitrogens is 1. The van der Waals surface area contributed by atoms with Crippen molar-refractivity contribution in [1.29, 1.82) is 0 Å². The fourth-order valence-corrected chi connectivity index (χ4v) is 2.19. The van der Waals surface area contributed by atoms with Crippen LogP contribution in [0.25, 0.3) is 0 Å². The molecule has 1 aliphatic rings. The maximum atomic E-state index is 12.1. The number of amides is 1. The lowest BCUT2D eigenvalue weighted by Crippen LogP contribution is -2.47. The van der Waals surface area contributed by atoms with Crippen LogP contribution in [0.4, 0.5) is 0 Å². The van der Waals surface area contributed by atoms with Crippen molar-refractivity contribution in [2.45, 2.75) is 18.9 Å². The highest BCUT2D eigenvalue weighted by Gasteiger charge is 2.25. The highest BCUT2D eigenvalue weighted by Crippen LogP contribution is 2.15. The molecule has 1 fully saturated rings. The topological polar surface area (TPSA) is 52.2 Å². The van der Waals surface area contributed by atoms with E-state index in [1.54, 1.807) is 12.4 Å². The molecular weight excluding hydrogens is 204 g/mol. The largest absolute Gasteiger partial charge is 0.337 e. The standard InChI is InChI=1S/C11H18N4O/c1-14-5-3-4-10(8-14)15(2)11(16)9-6-12-13-7-9/h6-7,10H,3-5,8H2,1-2H3,(H,12,13). The Hall–Kier alpha value is -1.36. The maximum Gasteiger partial charge on any atom is 0.257 e. The molecule has 0 aliphatic carbocycles. The van der Waals surface area contributed by atoms with Crippen molar-refractivity contribution < 1.29 is 4.79 Å². The first kappa shape index (κ1) is 11.1. The third-order valence-corrected chi connectivity index (χ3v) is 3.21. The summed E-state index contributed by atoms with van der Waals surface area (Å²) in [5.41, 5.74) is 0.635. The molecule has 1 atom stereocenters. The number of nitrogens with zero attached hydrogens (tertiary/aromatic N) is 3. The van der Waals surface area contributed by atoms with E-state index in [1.807, 2.05) is 11.9 Å². The van der Waals surface area contributed by atoms with Crippen molar-refractivity contribution in [1.82, 2.24) is 20.0 Å². The summed E-state index contributed by atoms with van der Waals surface area (Å²) in [6.45, 7) is 2.09. The zero-order valence-electron chi connectivity index (χ0n) is 9.81. The van der Waals surface area contributed by atoms with Gasteiger partial charge in [0.1, 0.15) is 0 Å². The van der Waals surface area contributed by atoms with Gasteiger partial charge in [0, 0.05) is 25.8 Å². The van der Waals surface area contributed by atoms with Gasteiger partial charge in [-0.25, -0.2) is 0 Å². The SMILES string of the molecule is CN1CCCC(N(C)C(=O)c2cn[nH]c2)C1. The lowest BCUT2D eigenvalue weighted by molar-refractivity contribution is 0.0644. The zero-order valence-corrected chi connectivity index (χ0v) is 9.81. The second kappa shape index (κ2) is 4.65. The number of nitrogens with one attached hydrogen (secondary N) is 1. The number of aromatic nitrogens is 2. The summed E-state index contributed by atoms with van der Waals surface area (Å²) < 4.78 is 0. The molecular formula is C11H18N4O. The van der Waals surface area contributed by atoms with Crippen molar-refractivity contribution in [3.63, 3.8) is 0 Å². The Kier molecular flexibility index (Phi) is 3.24. The molecule has 2 heterocycles. The Balaban J connectivity index is 2.01. The second-order valence-electron chi connectivity index (χ2n) is 4.46. The first-order chi connectivity index (χ1) is 7.68. The number of rotatable bonds is 2. The molecule has 0 spiro atoms. The molecule has 0 bridgehead atoms. The smallest absolute Gasteiger partial charge is 0.257 e. The molecule has 2 rings (SSSR count). The molecule has 0 aromatic carbocycles. The Bertz CT molecular complexity index is 349. The minimum absolute atomic E-state index is 0.0500. The van der Waals surface area contributed by atoms with Crippen LogP contribution in [0.15, 0.2) is 12.4 Å². The molecule has 1 N–H and O–H groups in total. The lowest BCUT2D eigenvalue weighted by atomic mass is 10.0. The summed E-state index contributed by atoms with van der Waals surface area (Å²) in [5, 5.41) is 6.47. The fourth-order valence-electron chi connectivity index (χ4n) is 2.19. The molecule has 88 valence electrons. The number of piperidine rings is 1. The predicted octanol–water partition coefficient (Wildman–Crippen LogP) is 0.576. The number of carbonyl (C=O) groups excluding carboxylic acids is 1. The molecule has 5 nitrogen and oxygen atoms in total. The van der Waals surface area contributed by atoms with E-state index in [9.17, 15) is 4.79 Å². The Morgan fingerprint density at radius 3 is 3.12 bits per heavy atom. The Morgan fingerprint density at radius 2 is 2.50 bits per heavy atom. The first-order valence-electron chi connectivity index (χ1n) is 5.63. The average molecular weight is 222 g/mol. The fraction of sp³-hybridized carbons (Fsp3) is 0.636. The van der Waals surface area contributed by atoms with E-state index in [2.05, 4.69) is 22.1 Å². The van der Waals surface area contributed by atoms with Crippen molar-refractivity contribution in [3.05, 3.63) is 18.0 Å². The van der Waals surface area contributed by atoms with Crippen LogP contribution in [0.3, 0.4) is 0 Å². The van der Waals surface area contributed by atoms with Gasteiger partial charge in [0.15, 0.2) is 0 Å². The van der Waals surface area contributed by atoms with Crippen LogP contribution in [0.2, 0.25) is 0 Å². The van der Waals surface area contributed by atoms with Crippen LogP contribution in [0.5, 0.6) is 0 Å². The number of carbonyl (C=O) groups is 1. The minimum Gasteiger partial charge on any atom is -0.337 e. The van der Waals surface area contributed by atoms with Gasteiger partial charge in [-0.2, -0.15) is 5.10 Å². The van der Waals surface area contributed by atoms with Crippen LogP contribution in [0.1, 0.15) is 23.2 Å². The quantitative estimate of drug-likeness (QED) is 0.796. The van der Waals surface area contributed by atoms with Gasteiger partial charge in [-0.05, 0) is 26.4 Å². The molecule has 1 aromatic heterocycles. The van der Waals surface area contributed by atoms with E-state index in [4.69, 9.17) is 0 Å². The van der Waals surface area contributed by atoms with Crippen molar-refractivity contribution >= 4 is 5.91 Å². The monoisotopic (exact) mass is 222 g/mol. The summed E-state index contributed by atoms with van der Waals surface area (Å²) in [5.74, 6) is 0.0500. The highest BCUT2D eigenvalue weighted by atomic mass is 16.2. The molecule has 0 saturated carbocycles. The van der Waals surface area contributed by atoms with E-state index in [0.29, 0.717) is 11.6 Å². The molecule has 1 amide bonds. The van der Waals surface area contributed by atoms with Gasteiger partial charge in [0.25, 0.3) is 5.91 Å². The number of hydrogen-bond acceptors (Lipinski definition) is 3. The van der Waals surface area contributed by atoms with E-state index < -0.39 is 0 Å². The summed E-state index contributed by atoms with van der Waals surface area (Å²) >= 11 is 0. The summed E-state index contributed by atoms with van der Waals surface area (Å²) in [7, 11) is 3.97. The van der Waals surface area contributed by atoms with E-state index in [1.165, 1.54) is 0 Å². The number of hydrogen-bond donors (Lipinski definition) is 1. The number of likely N-dealkylation sites (N-methyl/N-ethyl adjacent to an activating group) is 2. The molecule has 1 aliphatic heterocycles. The third-order valence-electron chi connectivity index (χ3n) is 3.21. The Labute approximate surface area is 95.4 Å². The van der Waals surface area contributed by atoms with Gasteiger partial charge in [-0.15, -0.1) is 0 Å². The summed E-state index contributed by atoms with van der Waals surface area (Å²) in [6.07, 6.45) is 5.46. The van der Waals surface area contributed by atoms with Gasteiger partial charge >= 0.3 is 0 Å². The summed E-state index contributed by atoms with van der Waals surface area (Å²) in [6, 6.07) is 0.321. The molecule has 0 radical (unpaired) electrons. The number of aromatic amines is 1. The van der Waals surface area contributed by atoms with Gasteiger partial charge < -0.3 is 9.80 Å². The van der Waals surface area contributed by atoms with Crippen LogP contribution in [-0.4, -0.2) is 59.1 Å². The van der Waals surface area contributed by atoms with Gasteiger partial charge in [-0.3, -0.25) is 9.89 Å². The van der Waals surface area contributed by atoms with E-state index in [0.717, 1.165) is 25.9 Å². The van der Waals surface area contributed by atoms with Crippen molar-refractivity contribution in [2.24, 2.45) is 0 Å². The normalized spacial score (nSPS) is 22.0. The molecule has 1 aromatic rings. The Morgan fingerprint density at radius 1 is 1.69 bits per heavy atom. The van der Waals surface area contributed by atoms with Crippen molar-refractivity contribution in [2.75, 3.05) is 27.2 Å². The molecule has 5 heteroatoms.